The van der Waals surface area contributed by atoms with Gasteiger partial charge in [0, 0.05) is 30.8 Å². The van der Waals surface area contributed by atoms with Crippen molar-refractivity contribution in [2.45, 2.75) is 6.36 Å². The number of aromatic nitrogens is 3. The number of halogens is 5. The molecule has 0 radical (unpaired) electrons. The molecule has 2 heterocycles. The third kappa shape index (κ3) is 5.54. The molecule has 9 nitrogen and oxygen atoms in total. The minimum absolute atomic E-state index is 0.00609. The smallest absolute Gasteiger partial charge is 0.497 e. The van der Waals surface area contributed by atoms with Crippen molar-refractivity contribution < 1.29 is 41.0 Å². The zero-order chi connectivity index (χ0) is 28.5. The molecule has 4 aromatic rings. The summed E-state index contributed by atoms with van der Waals surface area (Å²) < 4.78 is 83.5. The number of nitrogens with zero attached hydrogens (tertiary/aromatic N) is 3. The molecule has 204 valence electrons. The zero-order valence-electron chi connectivity index (χ0n) is 20.5. The Bertz CT molecular complexity index is 1570. The number of pyridine rings is 1. The summed E-state index contributed by atoms with van der Waals surface area (Å²) in [7, 11) is 3.88. The Balaban J connectivity index is 1.86. The van der Waals surface area contributed by atoms with Crippen LogP contribution < -0.4 is 25.1 Å². The number of amides is 1. The van der Waals surface area contributed by atoms with Gasteiger partial charge in [-0.3, -0.25) is 14.3 Å². The minimum atomic E-state index is -4.94. The SMILES string of the molecule is COc1cc(F)c(-c2c(NC(=O)c3ccc(OC(F)(F)F)cc3)c(=O)n(-c3cccc(OC)n3)n2C)c(F)c1. The second-order valence-electron chi connectivity index (χ2n) is 7.89. The molecule has 4 rings (SSSR count). The molecule has 0 saturated carbocycles. The van der Waals surface area contributed by atoms with E-state index in [2.05, 4.69) is 15.0 Å². The van der Waals surface area contributed by atoms with Crippen molar-refractivity contribution in [1.29, 1.82) is 0 Å². The van der Waals surface area contributed by atoms with Gasteiger partial charge in [-0.15, -0.1) is 13.2 Å². The summed E-state index contributed by atoms with van der Waals surface area (Å²) in [5.41, 5.74) is -2.60. The summed E-state index contributed by atoms with van der Waals surface area (Å²) >= 11 is 0. The lowest BCUT2D eigenvalue weighted by atomic mass is 10.1. The van der Waals surface area contributed by atoms with Gasteiger partial charge in [0.1, 0.15) is 34.5 Å². The average molecular weight is 550 g/mol. The van der Waals surface area contributed by atoms with E-state index in [-0.39, 0.29) is 28.7 Å². The molecule has 0 saturated heterocycles. The monoisotopic (exact) mass is 550 g/mol. The lowest BCUT2D eigenvalue weighted by Gasteiger charge is -2.13. The molecule has 0 spiro atoms. The van der Waals surface area contributed by atoms with Gasteiger partial charge < -0.3 is 19.5 Å². The number of hydrogen-bond donors (Lipinski definition) is 1. The Morgan fingerprint density at radius 1 is 0.949 bits per heavy atom. The maximum Gasteiger partial charge on any atom is 0.573 e. The molecule has 14 heteroatoms. The van der Waals surface area contributed by atoms with E-state index in [1.165, 1.54) is 39.5 Å². The van der Waals surface area contributed by atoms with Crippen molar-refractivity contribution >= 4 is 11.6 Å². The van der Waals surface area contributed by atoms with E-state index >= 15 is 8.78 Å². The summed E-state index contributed by atoms with van der Waals surface area (Å²) in [6, 6.07) is 10.1. The Morgan fingerprint density at radius 3 is 2.15 bits per heavy atom. The molecular formula is C25H19F5N4O5. The van der Waals surface area contributed by atoms with Crippen LogP contribution in [0.15, 0.2) is 59.4 Å². The number of ether oxygens (including phenoxy) is 3. The molecule has 0 bridgehead atoms. The van der Waals surface area contributed by atoms with Crippen LogP contribution in [0.5, 0.6) is 17.4 Å². The highest BCUT2D eigenvalue weighted by molar-refractivity contribution is 6.06. The molecule has 0 aliphatic heterocycles. The average Bonchev–Trinajstić information content (AvgIpc) is 3.12. The molecule has 2 aromatic carbocycles. The van der Waals surface area contributed by atoms with Crippen LogP contribution in [-0.2, 0) is 7.05 Å². The first-order chi connectivity index (χ1) is 18.4. The lowest BCUT2D eigenvalue weighted by Crippen LogP contribution is -2.23. The van der Waals surface area contributed by atoms with Gasteiger partial charge in [0.2, 0.25) is 5.88 Å². The number of carbonyl (C=O) groups is 1. The summed E-state index contributed by atoms with van der Waals surface area (Å²) in [6.07, 6.45) is -4.94. The predicted molar refractivity (Wildman–Crippen MR) is 128 cm³/mol. The highest BCUT2D eigenvalue weighted by atomic mass is 19.4. The lowest BCUT2D eigenvalue weighted by molar-refractivity contribution is -0.274. The number of anilines is 1. The molecule has 1 amide bonds. The van der Waals surface area contributed by atoms with Gasteiger partial charge in [-0.05, 0) is 30.3 Å². The molecule has 1 N–H and O–H groups in total. The van der Waals surface area contributed by atoms with Crippen molar-refractivity contribution in [3.8, 4) is 34.5 Å². The highest BCUT2D eigenvalue weighted by Crippen LogP contribution is 2.34. The van der Waals surface area contributed by atoms with Gasteiger partial charge in [-0.25, -0.2) is 8.78 Å². The summed E-state index contributed by atoms with van der Waals surface area (Å²) in [5.74, 6) is -3.70. The van der Waals surface area contributed by atoms with Crippen LogP contribution in [-0.4, -0.2) is 40.8 Å². The number of methoxy groups -OCH3 is 2. The molecule has 0 aliphatic rings. The standard InChI is InChI=1S/C25H19F5N4O5/c1-33-22(20-16(26)11-15(37-2)12-17(20)27)21(24(36)34(33)18-5-4-6-19(31-18)38-3)32-23(35)13-7-9-14(10-8-13)39-25(28,29)30/h4-12H,1-3H3,(H,32,35). The third-order valence-corrected chi connectivity index (χ3v) is 5.48. The Morgan fingerprint density at radius 2 is 1.59 bits per heavy atom. The number of nitrogens with one attached hydrogen (secondary N) is 1. The number of rotatable bonds is 7. The van der Waals surface area contributed by atoms with Crippen molar-refractivity contribution in [2.75, 3.05) is 19.5 Å². The second-order valence-corrected chi connectivity index (χ2v) is 7.89. The van der Waals surface area contributed by atoms with Gasteiger partial charge in [-0.1, -0.05) is 6.07 Å². The van der Waals surface area contributed by atoms with E-state index in [0.717, 1.165) is 45.8 Å². The van der Waals surface area contributed by atoms with E-state index < -0.39 is 46.5 Å². The first-order valence-corrected chi connectivity index (χ1v) is 11.0. The van der Waals surface area contributed by atoms with E-state index in [1.807, 2.05) is 0 Å². The highest BCUT2D eigenvalue weighted by Gasteiger charge is 2.31. The quantitative estimate of drug-likeness (QED) is 0.336. The number of carbonyl (C=O) groups excluding carboxylic acids is 1. The fraction of sp³-hybridized carbons (Fsp3) is 0.160. The van der Waals surface area contributed by atoms with Crippen LogP contribution in [0, 0.1) is 11.6 Å². The number of alkyl halides is 3. The van der Waals surface area contributed by atoms with Gasteiger partial charge in [-0.2, -0.15) is 9.67 Å². The normalized spacial score (nSPS) is 11.3. The summed E-state index contributed by atoms with van der Waals surface area (Å²) in [5, 5.41) is 2.32. The van der Waals surface area contributed by atoms with Crippen molar-refractivity contribution in [3.05, 3.63) is 82.1 Å². The van der Waals surface area contributed by atoms with Crippen molar-refractivity contribution in [2.24, 2.45) is 7.05 Å². The topological polar surface area (TPSA) is 96.6 Å². The van der Waals surface area contributed by atoms with Gasteiger partial charge in [0.25, 0.3) is 11.5 Å². The largest absolute Gasteiger partial charge is 0.573 e. The fourth-order valence-corrected chi connectivity index (χ4v) is 3.79. The Labute approximate surface area is 217 Å². The summed E-state index contributed by atoms with van der Waals surface area (Å²) in [4.78, 5) is 30.7. The van der Waals surface area contributed by atoms with Crippen LogP contribution in [0.2, 0.25) is 0 Å². The Hall–Kier alpha value is -4.88. The summed E-state index contributed by atoms with van der Waals surface area (Å²) in [6.45, 7) is 0. The molecule has 0 atom stereocenters. The number of benzene rings is 2. The van der Waals surface area contributed by atoms with E-state index in [9.17, 15) is 22.8 Å². The molecular weight excluding hydrogens is 531 g/mol. The molecule has 2 aromatic heterocycles. The van der Waals surface area contributed by atoms with Crippen LogP contribution >= 0.6 is 0 Å². The maximum atomic E-state index is 15.1. The fourth-order valence-electron chi connectivity index (χ4n) is 3.79. The molecule has 0 unspecified atom stereocenters. The number of hydrogen-bond acceptors (Lipinski definition) is 6. The van der Waals surface area contributed by atoms with E-state index in [1.54, 1.807) is 0 Å². The second kappa shape index (κ2) is 10.5. The van der Waals surface area contributed by atoms with Crippen LogP contribution in [0.1, 0.15) is 10.4 Å². The molecule has 39 heavy (non-hydrogen) atoms. The van der Waals surface area contributed by atoms with Gasteiger partial charge >= 0.3 is 6.36 Å². The van der Waals surface area contributed by atoms with E-state index in [4.69, 9.17) is 9.47 Å². The maximum absolute atomic E-state index is 15.1. The van der Waals surface area contributed by atoms with Crippen LogP contribution in [0.25, 0.3) is 17.1 Å². The predicted octanol–water partition coefficient (Wildman–Crippen LogP) is 4.68. The Kier molecular flexibility index (Phi) is 7.29. The van der Waals surface area contributed by atoms with Crippen molar-refractivity contribution in [3.63, 3.8) is 0 Å². The van der Waals surface area contributed by atoms with Crippen molar-refractivity contribution in [1.82, 2.24) is 14.3 Å². The van der Waals surface area contributed by atoms with Crippen LogP contribution in [0.3, 0.4) is 0 Å². The molecule has 0 fully saturated rings. The first kappa shape index (κ1) is 27.2. The van der Waals surface area contributed by atoms with Gasteiger partial charge in [0.05, 0.1) is 19.8 Å². The minimum Gasteiger partial charge on any atom is -0.497 e. The molecule has 0 aliphatic carbocycles. The van der Waals surface area contributed by atoms with Gasteiger partial charge in [0.15, 0.2) is 5.82 Å². The zero-order valence-corrected chi connectivity index (χ0v) is 20.5. The van der Waals surface area contributed by atoms with Crippen LogP contribution in [0.4, 0.5) is 27.6 Å². The van der Waals surface area contributed by atoms with E-state index in [0.29, 0.717) is 0 Å². The first-order valence-electron chi connectivity index (χ1n) is 11.0. The third-order valence-electron chi connectivity index (χ3n) is 5.48.